The van der Waals surface area contributed by atoms with Gasteiger partial charge in [-0.15, -0.1) is 0 Å². The molecule has 4 nitrogen and oxygen atoms in total. The Kier molecular flexibility index (Phi) is 4.31. The minimum atomic E-state index is -0.436. The van der Waals surface area contributed by atoms with Crippen molar-refractivity contribution >= 4 is 17.4 Å². The summed E-state index contributed by atoms with van der Waals surface area (Å²) in [6.07, 6.45) is 6.60. The summed E-state index contributed by atoms with van der Waals surface area (Å²) < 4.78 is 1.72. The number of hydrogen-bond acceptors (Lipinski definition) is 3. The van der Waals surface area contributed by atoms with Crippen LogP contribution in [0.1, 0.15) is 62.5 Å². The Morgan fingerprint density at radius 1 is 1.47 bits per heavy atom. The number of carbonyl (C=O) groups is 1. The highest BCUT2D eigenvalue weighted by atomic mass is 35.5. The highest BCUT2D eigenvalue weighted by Gasteiger charge is 2.41. The molecule has 1 saturated carbocycles. The van der Waals surface area contributed by atoms with Gasteiger partial charge < -0.3 is 5.73 Å². The minimum Gasteiger partial charge on any atom is -0.329 e. The standard InChI is InChI=1S/C14H22ClN3O/c1-10(2)18-12(11(15)8-17-18)13(19)14(9-16)6-4-3-5-7-14/h8,10H,3-7,9,16H2,1-2H3. The number of carbonyl (C=O) groups excluding carboxylic acids is 1. The molecule has 0 unspecified atom stereocenters. The minimum absolute atomic E-state index is 0.0749. The quantitative estimate of drug-likeness (QED) is 0.863. The van der Waals surface area contributed by atoms with Crippen LogP contribution in [0.25, 0.3) is 0 Å². The number of rotatable bonds is 4. The number of ketones is 1. The molecule has 106 valence electrons. The first-order chi connectivity index (χ1) is 9.02. The maximum Gasteiger partial charge on any atom is 0.189 e. The zero-order valence-corrected chi connectivity index (χ0v) is 12.4. The second kappa shape index (κ2) is 5.63. The third kappa shape index (κ3) is 2.56. The molecule has 5 heteroatoms. The van der Waals surface area contributed by atoms with E-state index in [9.17, 15) is 4.79 Å². The number of nitrogens with two attached hydrogens (primary N) is 1. The molecule has 0 bridgehead atoms. The van der Waals surface area contributed by atoms with Gasteiger partial charge in [0.25, 0.3) is 0 Å². The zero-order chi connectivity index (χ0) is 14.0. The molecule has 0 saturated heterocycles. The van der Waals surface area contributed by atoms with Crippen LogP contribution in [-0.4, -0.2) is 22.1 Å². The van der Waals surface area contributed by atoms with Crippen molar-refractivity contribution in [1.29, 1.82) is 0 Å². The third-order valence-corrected chi connectivity index (χ3v) is 4.41. The summed E-state index contributed by atoms with van der Waals surface area (Å²) in [5.41, 5.74) is 6.02. The number of halogens is 1. The molecule has 1 aromatic rings. The van der Waals surface area contributed by atoms with E-state index in [1.807, 2.05) is 13.8 Å². The van der Waals surface area contributed by atoms with Crippen molar-refractivity contribution < 1.29 is 4.79 Å². The van der Waals surface area contributed by atoms with Crippen molar-refractivity contribution in [2.45, 2.75) is 52.0 Å². The number of Topliss-reactive ketones (excluding diaryl/α,β-unsaturated/α-hetero) is 1. The van der Waals surface area contributed by atoms with Gasteiger partial charge in [-0.25, -0.2) is 0 Å². The number of aromatic nitrogens is 2. The average Bonchev–Trinajstić information content (AvgIpc) is 2.80. The highest BCUT2D eigenvalue weighted by molar-refractivity contribution is 6.33. The smallest absolute Gasteiger partial charge is 0.189 e. The molecule has 2 N–H and O–H groups in total. The van der Waals surface area contributed by atoms with Crippen LogP contribution in [0.2, 0.25) is 5.02 Å². The molecule has 19 heavy (non-hydrogen) atoms. The Morgan fingerprint density at radius 3 is 2.63 bits per heavy atom. The Labute approximate surface area is 119 Å². The molecule has 0 aliphatic heterocycles. The first kappa shape index (κ1) is 14.5. The first-order valence-corrected chi connectivity index (χ1v) is 7.37. The molecule has 2 rings (SSSR count). The van der Waals surface area contributed by atoms with Crippen LogP contribution in [0, 0.1) is 5.41 Å². The molecule has 0 spiro atoms. The van der Waals surface area contributed by atoms with Gasteiger partial charge in [0.2, 0.25) is 0 Å². The predicted octanol–water partition coefficient (Wildman–Crippen LogP) is 3.21. The van der Waals surface area contributed by atoms with Crippen LogP contribution in [0.4, 0.5) is 0 Å². The molecule has 1 heterocycles. The van der Waals surface area contributed by atoms with Crippen LogP contribution in [0.5, 0.6) is 0 Å². The summed E-state index contributed by atoms with van der Waals surface area (Å²) in [6.45, 7) is 4.39. The molecule has 1 aromatic heterocycles. The van der Waals surface area contributed by atoms with Crippen LogP contribution >= 0.6 is 11.6 Å². The van der Waals surface area contributed by atoms with Gasteiger partial charge in [0.15, 0.2) is 5.78 Å². The van der Waals surface area contributed by atoms with Gasteiger partial charge in [0.05, 0.1) is 11.2 Å². The molecule has 0 atom stereocenters. The maximum atomic E-state index is 12.9. The SMILES string of the molecule is CC(C)n1ncc(Cl)c1C(=O)C1(CN)CCCCC1. The van der Waals surface area contributed by atoms with Crippen molar-refractivity contribution in [3.8, 4) is 0 Å². The van der Waals surface area contributed by atoms with Gasteiger partial charge in [-0.05, 0) is 26.7 Å². The van der Waals surface area contributed by atoms with E-state index in [1.54, 1.807) is 10.9 Å². The van der Waals surface area contributed by atoms with Gasteiger partial charge in [0.1, 0.15) is 5.69 Å². The van der Waals surface area contributed by atoms with E-state index in [0.29, 0.717) is 17.3 Å². The average molecular weight is 284 g/mol. The normalized spacial score (nSPS) is 18.8. The van der Waals surface area contributed by atoms with Crippen LogP contribution in [0.15, 0.2) is 6.20 Å². The van der Waals surface area contributed by atoms with Crippen molar-refractivity contribution in [2.75, 3.05) is 6.54 Å². The lowest BCUT2D eigenvalue weighted by Crippen LogP contribution is -2.41. The van der Waals surface area contributed by atoms with Crippen LogP contribution in [-0.2, 0) is 0 Å². The Hall–Kier alpha value is -0.870. The largest absolute Gasteiger partial charge is 0.329 e. The van der Waals surface area contributed by atoms with E-state index in [4.69, 9.17) is 17.3 Å². The van der Waals surface area contributed by atoms with Gasteiger partial charge >= 0.3 is 0 Å². The number of hydrogen-bond donors (Lipinski definition) is 1. The zero-order valence-electron chi connectivity index (χ0n) is 11.7. The van der Waals surface area contributed by atoms with Crippen LogP contribution in [0.3, 0.4) is 0 Å². The lowest BCUT2D eigenvalue weighted by atomic mass is 9.70. The van der Waals surface area contributed by atoms with Gasteiger partial charge in [-0.2, -0.15) is 5.10 Å². The Balaban J connectivity index is 2.40. The van der Waals surface area contributed by atoms with Crippen LogP contribution < -0.4 is 5.73 Å². The van der Waals surface area contributed by atoms with Gasteiger partial charge in [-0.3, -0.25) is 9.48 Å². The Bertz CT molecular complexity index is 461. The molecular weight excluding hydrogens is 262 g/mol. The fourth-order valence-corrected chi connectivity index (χ4v) is 3.16. The van der Waals surface area contributed by atoms with Gasteiger partial charge in [0, 0.05) is 18.0 Å². The molecule has 0 radical (unpaired) electrons. The van der Waals surface area contributed by atoms with Crippen molar-refractivity contribution in [3.05, 3.63) is 16.9 Å². The van der Waals surface area contributed by atoms with E-state index < -0.39 is 5.41 Å². The van der Waals surface area contributed by atoms with E-state index in [-0.39, 0.29) is 11.8 Å². The predicted molar refractivity (Wildman–Crippen MR) is 76.5 cm³/mol. The third-order valence-electron chi connectivity index (χ3n) is 4.14. The lowest BCUT2D eigenvalue weighted by Gasteiger charge is -2.35. The molecule has 0 aromatic carbocycles. The molecule has 1 aliphatic carbocycles. The Morgan fingerprint density at radius 2 is 2.11 bits per heavy atom. The molecule has 0 amide bonds. The highest BCUT2D eigenvalue weighted by Crippen LogP contribution is 2.39. The van der Waals surface area contributed by atoms with Crippen molar-refractivity contribution in [3.63, 3.8) is 0 Å². The summed E-state index contributed by atoms with van der Waals surface area (Å²) in [7, 11) is 0. The van der Waals surface area contributed by atoms with E-state index in [1.165, 1.54) is 6.42 Å². The fourth-order valence-electron chi connectivity index (χ4n) is 2.95. The monoisotopic (exact) mass is 283 g/mol. The molecular formula is C14H22ClN3O. The summed E-state index contributed by atoms with van der Waals surface area (Å²) in [5, 5.41) is 4.66. The number of nitrogens with zero attached hydrogens (tertiary/aromatic N) is 2. The fraction of sp³-hybridized carbons (Fsp3) is 0.714. The molecule has 1 fully saturated rings. The summed E-state index contributed by atoms with van der Waals surface area (Å²) >= 11 is 6.18. The topological polar surface area (TPSA) is 60.9 Å². The van der Waals surface area contributed by atoms with E-state index in [2.05, 4.69) is 5.10 Å². The second-order valence-corrected chi connectivity index (χ2v) is 6.16. The lowest BCUT2D eigenvalue weighted by molar-refractivity contribution is 0.0715. The molecule has 1 aliphatic rings. The first-order valence-electron chi connectivity index (χ1n) is 7.00. The summed E-state index contributed by atoms with van der Waals surface area (Å²) in [4.78, 5) is 12.9. The van der Waals surface area contributed by atoms with Crippen molar-refractivity contribution in [1.82, 2.24) is 9.78 Å². The summed E-state index contributed by atoms with van der Waals surface area (Å²) in [5.74, 6) is 0.0749. The van der Waals surface area contributed by atoms with Crippen molar-refractivity contribution in [2.24, 2.45) is 11.1 Å². The van der Waals surface area contributed by atoms with E-state index in [0.717, 1.165) is 25.7 Å². The van der Waals surface area contributed by atoms with Gasteiger partial charge in [-0.1, -0.05) is 30.9 Å². The van der Waals surface area contributed by atoms with E-state index >= 15 is 0 Å². The maximum absolute atomic E-state index is 12.9. The summed E-state index contributed by atoms with van der Waals surface area (Å²) in [6, 6.07) is 0.116. The second-order valence-electron chi connectivity index (χ2n) is 5.75.